The van der Waals surface area contributed by atoms with Crippen LogP contribution in [0.2, 0.25) is 0 Å². The van der Waals surface area contributed by atoms with Crippen molar-refractivity contribution in [2.45, 2.75) is 38.1 Å². The van der Waals surface area contributed by atoms with Gasteiger partial charge < -0.3 is 0 Å². The average Bonchev–Trinajstić information content (AvgIpc) is 1.21. The van der Waals surface area contributed by atoms with Crippen molar-refractivity contribution in [2.24, 2.45) is 0 Å². The molecular formula is C6H13FS. The first-order valence-corrected chi connectivity index (χ1v) is 3.30. The van der Waals surface area contributed by atoms with Gasteiger partial charge in [0, 0.05) is 5.25 Å². The summed E-state index contributed by atoms with van der Waals surface area (Å²) in [4.78, 5) is 0. The molecule has 0 spiro atoms. The number of halogens is 1. The van der Waals surface area contributed by atoms with Crippen LogP contribution in [0.1, 0.15) is 27.2 Å². The van der Waals surface area contributed by atoms with Crippen molar-refractivity contribution in [2.75, 3.05) is 0 Å². The Morgan fingerprint density at radius 3 is 2.00 bits per heavy atom. The van der Waals surface area contributed by atoms with Crippen molar-refractivity contribution < 1.29 is 4.39 Å². The summed E-state index contributed by atoms with van der Waals surface area (Å²) in [6.07, 6.45) is 0.524. The summed E-state index contributed by atoms with van der Waals surface area (Å²) in [6, 6.07) is 0. The molecule has 0 aliphatic heterocycles. The topological polar surface area (TPSA) is 0 Å². The van der Waals surface area contributed by atoms with E-state index in [4.69, 9.17) is 0 Å². The number of rotatable bonds is 2. The lowest BCUT2D eigenvalue weighted by Crippen LogP contribution is -2.16. The molecule has 1 unspecified atom stereocenters. The van der Waals surface area contributed by atoms with E-state index in [9.17, 15) is 4.39 Å². The summed E-state index contributed by atoms with van der Waals surface area (Å²) in [5.74, 6) is 0. The molecule has 8 heavy (non-hydrogen) atoms. The maximum absolute atomic E-state index is 12.6. The highest BCUT2D eigenvalue weighted by atomic mass is 32.1. The Kier molecular flexibility index (Phi) is 2.81. The second-order valence-corrected chi connectivity index (χ2v) is 3.65. The molecule has 0 aliphatic rings. The first-order chi connectivity index (χ1) is 3.42. The molecule has 0 nitrogen and oxygen atoms in total. The summed E-state index contributed by atoms with van der Waals surface area (Å²) in [7, 11) is 0. The molecule has 0 N–H and O–H groups in total. The van der Waals surface area contributed by atoms with Crippen LogP contribution < -0.4 is 0 Å². The van der Waals surface area contributed by atoms with Crippen molar-refractivity contribution in [1.82, 2.24) is 0 Å². The highest BCUT2D eigenvalue weighted by molar-refractivity contribution is 7.80. The standard InChI is InChI=1S/C6H13FS/c1-5(8)4-6(2,3)7/h5,8H,4H2,1-3H3. The molecule has 0 heterocycles. The Morgan fingerprint density at radius 2 is 2.00 bits per heavy atom. The van der Waals surface area contributed by atoms with Crippen LogP contribution in [0.5, 0.6) is 0 Å². The molecule has 0 bridgehead atoms. The van der Waals surface area contributed by atoms with E-state index in [1.807, 2.05) is 6.92 Å². The molecule has 0 fully saturated rings. The zero-order valence-electron chi connectivity index (χ0n) is 5.61. The van der Waals surface area contributed by atoms with Gasteiger partial charge in [-0.1, -0.05) is 6.92 Å². The molecule has 0 aromatic carbocycles. The first-order valence-electron chi connectivity index (χ1n) is 2.79. The molecule has 0 rings (SSSR count). The van der Waals surface area contributed by atoms with Crippen LogP contribution in [0.4, 0.5) is 4.39 Å². The van der Waals surface area contributed by atoms with Gasteiger partial charge in [0.2, 0.25) is 0 Å². The Hall–Kier alpha value is 0.280. The van der Waals surface area contributed by atoms with E-state index >= 15 is 0 Å². The fourth-order valence-electron chi connectivity index (χ4n) is 0.702. The second kappa shape index (κ2) is 2.72. The van der Waals surface area contributed by atoms with Crippen LogP contribution in [-0.2, 0) is 0 Å². The minimum Gasteiger partial charge on any atom is -0.244 e. The third-order valence-electron chi connectivity index (χ3n) is 0.781. The van der Waals surface area contributed by atoms with Gasteiger partial charge >= 0.3 is 0 Å². The summed E-state index contributed by atoms with van der Waals surface area (Å²) in [6.45, 7) is 5.03. The minimum absolute atomic E-state index is 0.162. The molecule has 0 aliphatic carbocycles. The molecule has 0 aromatic heterocycles. The van der Waals surface area contributed by atoms with Crippen LogP contribution in [0.25, 0.3) is 0 Å². The highest BCUT2D eigenvalue weighted by Crippen LogP contribution is 2.18. The average molecular weight is 136 g/mol. The maximum Gasteiger partial charge on any atom is 0.106 e. The number of alkyl halides is 1. The van der Waals surface area contributed by atoms with Gasteiger partial charge in [-0.25, -0.2) is 4.39 Å². The van der Waals surface area contributed by atoms with Crippen molar-refractivity contribution >= 4 is 12.6 Å². The third kappa shape index (κ3) is 6.28. The zero-order chi connectivity index (χ0) is 6.78. The van der Waals surface area contributed by atoms with E-state index < -0.39 is 5.67 Å². The Morgan fingerprint density at radius 1 is 1.62 bits per heavy atom. The normalized spacial score (nSPS) is 16.1. The van der Waals surface area contributed by atoms with E-state index in [1.165, 1.54) is 0 Å². The summed E-state index contributed by atoms with van der Waals surface area (Å²) in [5, 5.41) is 0.162. The Labute approximate surface area is 55.9 Å². The monoisotopic (exact) mass is 136 g/mol. The summed E-state index contributed by atoms with van der Waals surface area (Å²) in [5.41, 5.74) is -1.05. The van der Waals surface area contributed by atoms with Crippen molar-refractivity contribution in [3.05, 3.63) is 0 Å². The lowest BCUT2D eigenvalue weighted by molar-refractivity contribution is 0.203. The van der Waals surface area contributed by atoms with E-state index in [0.717, 1.165) is 0 Å². The minimum atomic E-state index is -1.05. The largest absolute Gasteiger partial charge is 0.244 e. The molecular weight excluding hydrogens is 123 g/mol. The fraction of sp³-hybridized carbons (Fsp3) is 1.00. The third-order valence-corrected chi connectivity index (χ3v) is 0.963. The van der Waals surface area contributed by atoms with Crippen LogP contribution in [0.3, 0.4) is 0 Å². The molecule has 0 aromatic rings. The van der Waals surface area contributed by atoms with Gasteiger partial charge in [0.1, 0.15) is 5.67 Å². The van der Waals surface area contributed by atoms with Gasteiger partial charge in [-0.15, -0.1) is 0 Å². The van der Waals surface area contributed by atoms with Gasteiger partial charge in [-0.05, 0) is 20.3 Å². The molecule has 2 heteroatoms. The van der Waals surface area contributed by atoms with Crippen molar-refractivity contribution in [1.29, 1.82) is 0 Å². The van der Waals surface area contributed by atoms with Crippen LogP contribution >= 0.6 is 12.6 Å². The molecule has 0 saturated carbocycles. The molecule has 0 amide bonds. The second-order valence-electron chi connectivity index (χ2n) is 2.77. The molecule has 0 radical (unpaired) electrons. The van der Waals surface area contributed by atoms with Gasteiger partial charge in [-0.2, -0.15) is 12.6 Å². The van der Waals surface area contributed by atoms with E-state index in [1.54, 1.807) is 13.8 Å². The van der Waals surface area contributed by atoms with Crippen molar-refractivity contribution in [3.8, 4) is 0 Å². The predicted octanol–water partition coefficient (Wildman–Crippen LogP) is 2.44. The van der Waals surface area contributed by atoms with Crippen LogP contribution in [0.15, 0.2) is 0 Å². The van der Waals surface area contributed by atoms with Crippen LogP contribution in [0, 0.1) is 0 Å². The smallest absolute Gasteiger partial charge is 0.106 e. The Bertz CT molecular complexity index is 63.4. The van der Waals surface area contributed by atoms with E-state index in [0.29, 0.717) is 6.42 Å². The van der Waals surface area contributed by atoms with Gasteiger partial charge in [-0.3, -0.25) is 0 Å². The molecule has 1 atom stereocenters. The highest BCUT2D eigenvalue weighted by Gasteiger charge is 2.16. The van der Waals surface area contributed by atoms with Gasteiger partial charge in [0.25, 0.3) is 0 Å². The van der Waals surface area contributed by atoms with E-state index in [2.05, 4.69) is 12.6 Å². The summed E-state index contributed by atoms with van der Waals surface area (Å²) < 4.78 is 12.6. The Balaban J connectivity index is 3.39. The zero-order valence-corrected chi connectivity index (χ0v) is 6.50. The van der Waals surface area contributed by atoms with E-state index in [-0.39, 0.29) is 5.25 Å². The van der Waals surface area contributed by atoms with Crippen LogP contribution in [-0.4, -0.2) is 10.9 Å². The molecule has 0 saturated heterocycles. The number of thiol groups is 1. The lowest BCUT2D eigenvalue weighted by atomic mass is 10.1. The van der Waals surface area contributed by atoms with Crippen molar-refractivity contribution in [3.63, 3.8) is 0 Å². The predicted molar refractivity (Wildman–Crippen MR) is 38.3 cm³/mol. The maximum atomic E-state index is 12.6. The lowest BCUT2D eigenvalue weighted by Gasteiger charge is -2.15. The van der Waals surface area contributed by atoms with Gasteiger partial charge in [0.05, 0.1) is 0 Å². The quantitative estimate of drug-likeness (QED) is 0.554. The first kappa shape index (κ1) is 8.28. The number of hydrogen-bond donors (Lipinski definition) is 1. The molecule has 50 valence electrons. The number of hydrogen-bond acceptors (Lipinski definition) is 1. The SMILES string of the molecule is CC(S)CC(C)(C)F. The fourth-order valence-corrected chi connectivity index (χ4v) is 1.14. The van der Waals surface area contributed by atoms with Gasteiger partial charge in [0.15, 0.2) is 0 Å². The summed E-state index contributed by atoms with van der Waals surface area (Å²) >= 11 is 4.05.